The van der Waals surface area contributed by atoms with E-state index in [1.165, 1.54) is 6.42 Å². The number of benzene rings is 1. The largest absolute Gasteiger partial charge is 0.490 e. The van der Waals surface area contributed by atoms with Crippen LogP contribution in [0.5, 0.6) is 5.75 Å². The number of nitrogens with one attached hydrogen (secondary N) is 1. The highest BCUT2D eigenvalue weighted by atomic mass is 16.5. The number of hydrogen-bond donors (Lipinski definition) is 3. The first kappa shape index (κ1) is 17.8. The van der Waals surface area contributed by atoms with E-state index in [1.54, 1.807) is 0 Å². The van der Waals surface area contributed by atoms with Crippen LogP contribution in [0.3, 0.4) is 0 Å². The molecule has 26 heavy (non-hydrogen) atoms. The van der Waals surface area contributed by atoms with E-state index in [0.29, 0.717) is 17.6 Å². The highest BCUT2D eigenvalue weighted by Crippen LogP contribution is 2.58. The van der Waals surface area contributed by atoms with E-state index in [2.05, 4.69) is 5.32 Å². The molecule has 142 valence electrons. The fraction of sp³-hybridized carbons (Fsp3) is 0.667. The smallest absolute Gasteiger partial charge is 0.252 e. The zero-order chi connectivity index (χ0) is 18.3. The predicted octanol–water partition coefficient (Wildman–Crippen LogP) is 2.04. The first-order valence-corrected chi connectivity index (χ1v) is 9.82. The summed E-state index contributed by atoms with van der Waals surface area (Å²) < 4.78 is 5.56. The van der Waals surface area contributed by atoms with Gasteiger partial charge in [-0.15, -0.1) is 0 Å². The van der Waals surface area contributed by atoms with Gasteiger partial charge in [0.1, 0.15) is 12.4 Å². The van der Waals surface area contributed by atoms with E-state index >= 15 is 0 Å². The summed E-state index contributed by atoms with van der Waals surface area (Å²) in [5.74, 6) is 2.31. The zero-order valence-electron chi connectivity index (χ0n) is 15.4. The molecule has 1 atom stereocenters. The topological polar surface area (TPSA) is 78.8 Å². The minimum atomic E-state index is -1.24. The Kier molecular flexibility index (Phi) is 4.70. The second kappa shape index (κ2) is 6.86. The first-order chi connectivity index (χ1) is 12.5. The molecular weight excluding hydrogens is 330 g/mol. The molecule has 0 aliphatic heterocycles. The molecule has 0 radical (unpaired) electrons. The van der Waals surface area contributed by atoms with Crippen LogP contribution in [0.1, 0.15) is 37.7 Å². The molecule has 5 heteroatoms. The molecule has 5 rings (SSSR count). The third-order valence-electron chi connectivity index (χ3n) is 6.89. The van der Waals surface area contributed by atoms with E-state index in [1.807, 2.05) is 31.2 Å². The molecule has 0 saturated heterocycles. The lowest BCUT2D eigenvalue weighted by Crippen LogP contribution is -2.62. The Hall–Kier alpha value is -1.59. The van der Waals surface area contributed by atoms with E-state index in [0.717, 1.165) is 43.1 Å². The summed E-state index contributed by atoms with van der Waals surface area (Å²) in [6.07, 6.45) is 4.41. The number of hydrogen-bond acceptors (Lipinski definition) is 4. The second-order valence-corrected chi connectivity index (χ2v) is 8.61. The number of carbonyl (C=O) groups excluding carboxylic acids is 1. The average molecular weight is 359 g/mol. The molecular formula is C21H29NO4. The summed E-state index contributed by atoms with van der Waals surface area (Å²) in [4.78, 5) is 12.3. The Morgan fingerprint density at radius 2 is 1.81 bits per heavy atom. The van der Waals surface area contributed by atoms with Crippen LogP contribution >= 0.6 is 0 Å². The van der Waals surface area contributed by atoms with Crippen molar-refractivity contribution in [3.8, 4) is 5.75 Å². The maximum Gasteiger partial charge on any atom is 0.252 e. The average Bonchev–Trinajstić information content (AvgIpc) is 2.63. The maximum absolute atomic E-state index is 12.3. The fourth-order valence-electron chi connectivity index (χ4n) is 5.60. The maximum atomic E-state index is 12.3. The third kappa shape index (κ3) is 3.23. The molecule has 1 aromatic carbocycles. The molecule has 5 nitrogen and oxygen atoms in total. The van der Waals surface area contributed by atoms with Gasteiger partial charge in [-0.2, -0.15) is 0 Å². The number of aryl methyl sites for hydroxylation is 1. The van der Waals surface area contributed by atoms with Crippen molar-refractivity contribution in [3.63, 3.8) is 0 Å². The molecule has 4 fully saturated rings. The lowest BCUT2D eigenvalue weighted by molar-refractivity contribution is -0.172. The van der Waals surface area contributed by atoms with E-state index in [9.17, 15) is 15.0 Å². The van der Waals surface area contributed by atoms with Crippen molar-refractivity contribution >= 4 is 5.91 Å². The van der Waals surface area contributed by atoms with Crippen LogP contribution in [0.25, 0.3) is 0 Å². The molecule has 3 N–H and O–H groups in total. The van der Waals surface area contributed by atoms with Gasteiger partial charge in [-0.25, -0.2) is 0 Å². The highest BCUT2D eigenvalue weighted by Gasteiger charge is 2.56. The number of ether oxygens (including phenoxy) is 1. The minimum absolute atomic E-state index is 0.0912. The van der Waals surface area contributed by atoms with Crippen LogP contribution in [0.15, 0.2) is 24.3 Å². The SMILES string of the molecule is Cc1ccccc1OC[C@@H](O)C(=O)NCC1(O)C2CC3CC(C2)CC1C3. The van der Waals surface area contributed by atoms with Crippen LogP contribution < -0.4 is 10.1 Å². The van der Waals surface area contributed by atoms with Crippen LogP contribution in [0, 0.1) is 30.6 Å². The van der Waals surface area contributed by atoms with Crippen molar-refractivity contribution in [3.05, 3.63) is 29.8 Å². The van der Waals surface area contributed by atoms with Crippen molar-refractivity contribution in [1.29, 1.82) is 0 Å². The number of aliphatic hydroxyl groups excluding tert-OH is 1. The number of amides is 1. The number of rotatable bonds is 6. The van der Waals surface area contributed by atoms with Crippen molar-refractivity contribution in [2.24, 2.45) is 23.7 Å². The zero-order valence-corrected chi connectivity index (χ0v) is 15.4. The van der Waals surface area contributed by atoms with E-state index < -0.39 is 17.6 Å². The molecule has 0 unspecified atom stereocenters. The Morgan fingerprint density at radius 1 is 1.19 bits per heavy atom. The molecule has 0 heterocycles. The molecule has 1 aromatic rings. The standard InChI is InChI=1S/C21H29NO4/c1-13-4-2-3-5-19(13)26-11-18(23)20(24)22-12-21(25)16-7-14-6-15(9-16)10-17(21)8-14/h2-5,14-18,23,25H,6-12H2,1H3,(H,22,24)/t14?,15?,16?,17?,18-,21?/m1/s1. The van der Waals surface area contributed by atoms with Gasteiger partial charge in [0.15, 0.2) is 6.10 Å². The molecule has 1 amide bonds. The predicted molar refractivity (Wildman–Crippen MR) is 97.7 cm³/mol. The van der Waals surface area contributed by atoms with Crippen LogP contribution in [0.2, 0.25) is 0 Å². The number of carbonyl (C=O) groups is 1. The molecule has 4 bridgehead atoms. The van der Waals surface area contributed by atoms with E-state index in [4.69, 9.17) is 4.74 Å². The first-order valence-electron chi connectivity index (χ1n) is 9.82. The molecule has 0 spiro atoms. The van der Waals surface area contributed by atoms with Gasteiger partial charge < -0.3 is 20.3 Å². The Labute approximate surface area is 154 Å². The van der Waals surface area contributed by atoms with Gasteiger partial charge in [-0.1, -0.05) is 18.2 Å². The quantitative estimate of drug-likeness (QED) is 0.726. The van der Waals surface area contributed by atoms with Crippen molar-refractivity contribution in [2.75, 3.05) is 13.2 Å². The molecule has 4 aliphatic rings. The van der Waals surface area contributed by atoms with Crippen LogP contribution in [-0.2, 0) is 4.79 Å². The van der Waals surface area contributed by atoms with E-state index in [-0.39, 0.29) is 13.2 Å². The summed E-state index contributed by atoms with van der Waals surface area (Å²) >= 11 is 0. The summed E-state index contributed by atoms with van der Waals surface area (Å²) in [5, 5.41) is 24.1. The summed E-state index contributed by atoms with van der Waals surface area (Å²) in [6, 6.07) is 7.51. The van der Waals surface area contributed by atoms with Gasteiger partial charge in [0.05, 0.1) is 5.60 Å². The third-order valence-corrected chi connectivity index (χ3v) is 6.89. The highest BCUT2D eigenvalue weighted by molar-refractivity contribution is 5.80. The lowest BCUT2D eigenvalue weighted by Gasteiger charge is -2.59. The van der Waals surface area contributed by atoms with Crippen molar-refractivity contribution in [1.82, 2.24) is 5.32 Å². The van der Waals surface area contributed by atoms with Crippen LogP contribution in [0.4, 0.5) is 0 Å². The number of aliphatic hydroxyl groups is 2. The van der Waals surface area contributed by atoms with Crippen LogP contribution in [-0.4, -0.2) is 41.0 Å². The number of para-hydroxylation sites is 1. The molecule has 0 aromatic heterocycles. The molecule has 4 saturated carbocycles. The Bertz CT molecular complexity index is 646. The van der Waals surface area contributed by atoms with Gasteiger partial charge in [-0.05, 0) is 74.3 Å². The summed E-state index contributed by atoms with van der Waals surface area (Å²) in [6.45, 7) is 2.07. The van der Waals surface area contributed by atoms with Gasteiger partial charge in [0.2, 0.25) is 0 Å². The van der Waals surface area contributed by atoms with Gasteiger partial charge in [0, 0.05) is 6.54 Å². The van der Waals surface area contributed by atoms with Crippen molar-refractivity contribution in [2.45, 2.75) is 50.7 Å². The minimum Gasteiger partial charge on any atom is -0.490 e. The van der Waals surface area contributed by atoms with Gasteiger partial charge >= 0.3 is 0 Å². The molecule has 4 aliphatic carbocycles. The summed E-state index contributed by atoms with van der Waals surface area (Å²) in [5.41, 5.74) is 0.155. The van der Waals surface area contributed by atoms with Crippen molar-refractivity contribution < 1.29 is 19.7 Å². The fourth-order valence-corrected chi connectivity index (χ4v) is 5.60. The lowest BCUT2D eigenvalue weighted by atomic mass is 9.50. The van der Waals surface area contributed by atoms with Gasteiger partial charge in [0.25, 0.3) is 5.91 Å². The normalized spacial score (nSPS) is 36.0. The van der Waals surface area contributed by atoms with Gasteiger partial charge in [-0.3, -0.25) is 4.79 Å². The second-order valence-electron chi connectivity index (χ2n) is 8.61. The Balaban J connectivity index is 1.30. The summed E-state index contributed by atoms with van der Waals surface area (Å²) in [7, 11) is 0. The Morgan fingerprint density at radius 3 is 2.42 bits per heavy atom. The monoisotopic (exact) mass is 359 g/mol.